The van der Waals surface area contributed by atoms with E-state index in [9.17, 15) is 9.59 Å². The number of carbonyl (C=O) groups is 2. The van der Waals surface area contributed by atoms with E-state index in [1.807, 2.05) is 81.4 Å². The Balaban J connectivity index is 1.90. The van der Waals surface area contributed by atoms with Gasteiger partial charge in [-0.25, -0.2) is 4.79 Å². The summed E-state index contributed by atoms with van der Waals surface area (Å²) in [6.07, 6.45) is 0. The van der Waals surface area contributed by atoms with Gasteiger partial charge in [0.05, 0.1) is 6.04 Å². The molecule has 0 heterocycles. The number of benzene rings is 2. The van der Waals surface area contributed by atoms with E-state index in [0.717, 1.165) is 11.1 Å². The molecule has 2 aromatic rings. The van der Waals surface area contributed by atoms with Gasteiger partial charge in [0.1, 0.15) is 6.04 Å². The minimum absolute atomic E-state index is 0.0274. The van der Waals surface area contributed by atoms with Gasteiger partial charge >= 0.3 is 6.03 Å². The molecule has 0 fully saturated rings. The van der Waals surface area contributed by atoms with Crippen molar-refractivity contribution in [3.8, 4) is 0 Å². The van der Waals surface area contributed by atoms with Gasteiger partial charge in [-0.1, -0.05) is 74.5 Å². The van der Waals surface area contributed by atoms with Crippen LogP contribution in [-0.4, -0.2) is 18.0 Å². The minimum atomic E-state index is -0.600. The normalized spacial score (nSPS) is 12.9. The predicted octanol–water partition coefficient (Wildman–Crippen LogP) is 3.39. The van der Waals surface area contributed by atoms with E-state index in [1.165, 1.54) is 0 Å². The first-order chi connectivity index (χ1) is 12.5. The summed E-state index contributed by atoms with van der Waals surface area (Å²) in [6.45, 7) is 6.17. The second-order valence-corrected chi connectivity index (χ2v) is 6.68. The molecule has 3 N–H and O–H groups in total. The van der Waals surface area contributed by atoms with Crippen molar-refractivity contribution in [3.05, 3.63) is 71.8 Å². The maximum absolute atomic E-state index is 12.6. The van der Waals surface area contributed by atoms with E-state index in [4.69, 9.17) is 0 Å². The number of rotatable bonds is 7. The fourth-order valence-corrected chi connectivity index (χ4v) is 2.63. The average Bonchev–Trinajstić information content (AvgIpc) is 2.65. The van der Waals surface area contributed by atoms with E-state index in [1.54, 1.807) is 0 Å². The van der Waals surface area contributed by atoms with Crippen molar-refractivity contribution in [2.24, 2.45) is 5.92 Å². The van der Waals surface area contributed by atoms with E-state index in [2.05, 4.69) is 16.0 Å². The Hall–Kier alpha value is -2.82. The van der Waals surface area contributed by atoms with Crippen molar-refractivity contribution in [1.29, 1.82) is 0 Å². The molecule has 0 saturated heterocycles. The lowest BCUT2D eigenvalue weighted by molar-refractivity contribution is -0.124. The molecule has 2 rings (SSSR count). The van der Waals surface area contributed by atoms with Crippen molar-refractivity contribution in [3.63, 3.8) is 0 Å². The third-order valence-corrected chi connectivity index (χ3v) is 4.19. The fraction of sp³-hybridized carbons (Fsp3) is 0.333. The van der Waals surface area contributed by atoms with Gasteiger partial charge < -0.3 is 16.0 Å². The average molecular weight is 353 g/mol. The molecule has 0 spiro atoms. The summed E-state index contributed by atoms with van der Waals surface area (Å²) < 4.78 is 0. The van der Waals surface area contributed by atoms with Crippen molar-refractivity contribution in [2.45, 2.75) is 39.4 Å². The summed E-state index contributed by atoms with van der Waals surface area (Å²) >= 11 is 0. The smallest absolute Gasteiger partial charge is 0.315 e. The van der Waals surface area contributed by atoms with Crippen molar-refractivity contribution in [1.82, 2.24) is 16.0 Å². The van der Waals surface area contributed by atoms with Gasteiger partial charge in [0.15, 0.2) is 0 Å². The van der Waals surface area contributed by atoms with Crippen LogP contribution in [0.25, 0.3) is 0 Å². The van der Waals surface area contributed by atoms with Gasteiger partial charge in [0.2, 0.25) is 5.91 Å². The first-order valence-corrected chi connectivity index (χ1v) is 8.91. The summed E-state index contributed by atoms with van der Waals surface area (Å²) in [5, 5.41) is 8.55. The van der Waals surface area contributed by atoms with Crippen molar-refractivity contribution in [2.75, 3.05) is 0 Å². The first kappa shape index (κ1) is 19.5. The molecule has 0 aliphatic carbocycles. The standard InChI is InChI=1S/C21H27N3O2/c1-15(2)19(20(25)23-16(3)18-12-8-5-9-13-18)24-21(26)22-14-17-10-6-4-7-11-17/h4-13,15-16,19H,14H2,1-3H3,(H,23,25)(H2,22,24,26). The second kappa shape index (κ2) is 9.61. The van der Waals surface area contributed by atoms with Gasteiger partial charge in [-0.05, 0) is 24.0 Å². The highest BCUT2D eigenvalue weighted by molar-refractivity contribution is 5.87. The molecule has 5 nitrogen and oxygen atoms in total. The number of amides is 3. The van der Waals surface area contributed by atoms with Crippen LogP contribution >= 0.6 is 0 Å². The lowest BCUT2D eigenvalue weighted by Gasteiger charge is -2.24. The first-order valence-electron chi connectivity index (χ1n) is 8.91. The van der Waals surface area contributed by atoms with E-state index >= 15 is 0 Å². The monoisotopic (exact) mass is 353 g/mol. The highest BCUT2D eigenvalue weighted by atomic mass is 16.2. The topological polar surface area (TPSA) is 70.2 Å². The molecule has 0 radical (unpaired) electrons. The highest BCUT2D eigenvalue weighted by Gasteiger charge is 2.25. The molecular formula is C21H27N3O2. The maximum atomic E-state index is 12.6. The Morgan fingerprint density at radius 2 is 1.42 bits per heavy atom. The van der Waals surface area contributed by atoms with Crippen LogP contribution in [0.3, 0.4) is 0 Å². The van der Waals surface area contributed by atoms with Crippen LogP contribution in [-0.2, 0) is 11.3 Å². The Morgan fingerprint density at radius 3 is 2.00 bits per heavy atom. The van der Waals surface area contributed by atoms with Crippen LogP contribution in [0.1, 0.15) is 37.9 Å². The highest BCUT2D eigenvalue weighted by Crippen LogP contribution is 2.12. The molecule has 2 unspecified atom stereocenters. The van der Waals surface area contributed by atoms with Gasteiger partial charge in [0, 0.05) is 6.54 Å². The van der Waals surface area contributed by atoms with Crippen molar-refractivity contribution < 1.29 is 9.59 Å². The Morgan fingerprint density at radius 1 is 0.846 bits per heavy atom. The van der Waals surface area contributed by atoms with Crippen LogP contribution in [0.15, 0.2) is 60.7 Å². The summed E-state index contributed by atoms with van der Waals surface area (Å²) in [7, 11) is 0. The number of carbonyl (C=O) groups excluding carboxylic acids is 2. The predicted molar refractivity (Wildman–Crippen MR) is 103 cm³/mol. The molecule has 0 saturated carbocycles. The SMILES string of the molecule is CC(NC(=O)C(NC(=O)NCc1ccccc1)C(C)C)c1ccccc1. The zero-order chi connectivity index (χ0) is 18.9. The quantitative estimate of drug-likeness (QED) is 0.714. The largest absolute Gasteiger partial charge is 0.348 e. The molecule has 0 aliphatic rings. The van der Waals surface area contributed by atoms with E-state index in [-0.39, 0.29) is 23.9 Å². The molecular weight excluding hydrogens is 326 g/mol. The lowest BCUT2D eigenvalue weighted by Crippen LogP contribution is -2.52. The third-order valence-electron chi connectivity index (χ3n) is 4.19. The van der Waals surface area contributed by atoms with Crippen LogP contribution in [0.2, 0.25) is 0 Å². The Kier molecular flexibility index (Phi) is 7.21. The molecule has 0 bridgehead atoms. The molecule has 0 aliphatic heterocycles. The summed E-state index contributed by atoms with van der Waals surface area (Å²) in [6, 6.07) is 18.3. The molecule has 2 atom stereocenters. The van der Waals surface area contributed by atoms with E-state index < -0.39 is 6.04 Å². The summed E-state index contributed by atoms with van der Waals surface area (Å²) in [4.78, 5) is 24.8. The summed E-state index contributed by atoms with van der Waals surface area (Å²) in [5.74, 6) is -0.216. The zero-order valence-corrected chi connectivity index (χ0v) is 15.5. The molecule has 3 amide bonds. The number of hydrogen-bond donors (Lipinski definition) is 3. The Labute approximate surface area is 155 Å². The van der Waals surface area contributed by atoms with Gasteiger partial charge in [-0.3, -0.25) is 4.79 Å². The zero-order valence-electron chi connectivity index (χ0n) is 15.5. The molecule has 0 aromatic heterocycles. The Bertz CT molecular complexity index is 702. The van der Waals surface area contributed by atoms with E-state index in [0.29, 0.717) is 6.54 Å². The summed E-state index contributed by atoms with van der Waals surface area (Å²) in [5.41, 5.74) is 2.03. The number of urea groups is 1. The van der Waals surface area contributed by atoms with Crippen LogP contribution in [0, 0.1) is 5.92 Å². The second-order valence-electron chi connectivity index (χ2n) is 6.68. The number of nitrogens with one attached hydrogen (secondary N) is 3. The molecule has 5 heteroatoms. The van der Waals surface area contributed by atoms with Gasteiger partial charge in [0.25, 0.3) is 0 Å². The molecule has 26 heavy (non-hydrogen) atoms. The van der Waals surface area contributed by atoms with Crippen molar-refractivity contribution >= 4 is 11.9 Å². The lowest BCUT2D eigenvalue weighted by atomic mass is 10.0. The minimum Gasteiger partial charge on any atom is -0.348 e. The molecule has 2 aromatic carbocycles. The third kappa shape index (κ3) is 5.92. The maximum Gasteiger partial charge on any atom is 0.315 e. The van der Waals surface area contributed by atoms with Gasteiger partial charge in [-0.2, -0.15) is 0 Å². The fourth-order valence-electron chi connectivity index (χ4n) is 2.63. The van der Waals surface area contributed by atoms with Crippen LogP contribution in [0.4, 0.5) is 4.79 Å². The van der Waals surface area contributed by atoms with Gasteiger partial charge in [-0.15, -0.1) is 0 Å². The van der Waals surface area contributed by atoms with Crippen LogP contribution < -0.4 is 16.0 Å². The number of hydrogen-bond acceptors (Lipinski definition) is 2. The molecule has 138 valence electrons. The van der Waals surface area contributed by atoms with Crippen LogP contribution in [0.5, 0.6) is 0 Å².